The second-order valence-electron chi connectivity index (χ2n) is 4.68. The van der Waals surface area contributed by atoms with Gasteiger partial charge in [-0.25, -0.2) is 0 Å². The first-order valence-electron chi connectivity index (χ1n) is 6.81. The summed E-state index contributed by atoms with van der Waals surface area (Å²) in [5.41, 5.74) is 8.07. The first kappa shape index (κ1) is 14.4. The summed E-state index contributed by atoms with van der Waals surface area (Å²) < 4.78 is 7.79. The van der Waals surface area contributed by atoms with Crippen molar-refractivity contribution in [2.75, 3.05) is 13.2 Å². The van der Waals surface area contributed by atoms with E-state index in [9.17, 15) is 0 Å². The van der Waals surface area contributed by atoms with Crippen molar-refractivity contribution in [1.29, 1.82) is 0 Å². The van der Waals surface area contributed by atoms with Crippen molar-refractivity contribution in [3.8, 4) is 0 Å². The number of benzene rings is 1. The number of unbranched alkanes of at least 4 members (excludes halogenated alkanes) is 1. The molecule has 1 heterocycles. The Morgan fingerprint density at radius 1 is 1.32 bits per heavy atom. The predicted octanol–water partition coefficient (Wildman–Crippen LogP) is 3.57. The highest BCUT2D eigenvalue weighted by Gasteiger charge is 2.07. The topological polar surface area (TPSA) is 40.2 Å². The highest BCUT2D eigenvalue weighted by Crippen LogP contribution is 2.24. The summed E-state index contributed by atoms with van der Waals surface area (Å²) in [5, 5.41) is 1.93. The van der Waals surface area contributed by atoms with Gasteiger partial charge in [0.05, 0.1) is 6.61 Å². The summed E-state index contributed by atoms with van der Waals surface area (Å²) in [6.45, 7) is 5.10. The van der Waals surface area contributed by atoms with E-state index < -0.39 is 0 Å². The van der Waals surface area contributed by atoms with Crippen molar-refractivity contribution in [1.82, 2.24) is 4.57 Å². The number of fused-ring (bicyclic) bond motifs is 1. The van der Waals surface area contributed by atoms with Gasteiger partial charge in [-0.1, -0.05) is 31.0 Å². The largest absolute Gasteiger partial charge is 0.380 e. The standard InChI is InChI=1S/C15H21ClN2O/c1-2-3-7-19-8-6-18-11-12(10-17)14-5-4-13(16)9-15(14)18/h4-5,9,11H,2-3,6-8,10,17H2,1H3. The fourth-order valence-electron chi connectivity index (χ4n) is 2.20. The summed E-state index contributed by atoms with van der Waals surface area (Å²) in [6, 6.07) is 5.93. The molecule has 0 spiro atoms. The summed E-state index contributed by atoms with van der Waals surface area (Å²) in [5.74, 6) is 0. The molecule has 104 valence electrons. The molecule has 0 radical (unpaired) electrons. The van der Waals surface area contributed by atoms with E-state index in [0.717, 1.165) is 42.3 Å². The molecule has 0 aliphatic rings. The van der Waals surface area contributed by atoms with E-state index in [4.69, 9.17) is 22.1 Å². The maximum absolute atomic E-state index is 6.07. The van der Waals surface area contributed by atoms with E-state index >= 15 is 0 Å². The van der Waals surface area contributed by atoms with Crippen LogP contribution in [0.2, 0.25) is 5.02 Å². The highest BCUT2D eigenvalue weighted by atomic mass is 35.5. The van der Waals surface area contributed by atoms with Crippen LogP contribution in [-0.4, -0.2) is 17.8 Å². The van der Waals surface area contributed by atoms with Crippen LogP contribution >= 0.6 is 11.6 Å². The number of nitrogens with two attached hydrogens (primary N) is 1. The summed E-state index contributed by atoms with van der Waals surface area (Å²) in [7, 11) is 0. The molecule has 4 heteroatoms. The minimum atomic E-state index is 0.543. The van der Waals surface area contributed by atoms with Crippen molar-refractivity contribution in [3.63, 3.8) is 0 Å². The fourth-order valence-corrected chi connectivity index (χ4v) is 2.37. The van der Waals surface area contributed by atoms with Gasteiger partial charge in [-0.3, -0.25) is 0 Å². The van der Waals surface area contributed by atoms with Crippen LogP contribution in [0, 0.1) is 0 Å². The van der Waals surface area contributed by atoms with E-state index in [2.05, 4.69) is 17.7 Å². The molecule has 2 rings (SSSR count). The Kier molecular flexibility index (Phi) is 5.25. The molecule has 1 aromatic heterocycles. The Balaban J connectivity index is 2.11. The van der Waals surface area contributed by atoms with Gasteiger partial charge in [0.1, 0.15) is 0 Å². The zero-order valence-corrected chi connectivity index (χ0v) is 12.1. The lowest BCUT2D eigenvalue weighted by Crippen LogP contribution is -2.06. The predicted molar refractivity (Wildman–Crippen MR) is 80.6 cm³/mol. The maximum Gasteiger partial charge on any atom is 0.0645 e. The highest BCUT2D eigenvalue weighted by molar-refractivity contribution is 6.31. The molecule has 2 N–H and O–H groups in total. The molecule has 0 amide bonds. The van der Waals surface area contributed by atoms with E-state index in [0.29, 0.717) is 6.54 Å². The number of hydrogen-bond donors (Lipinski definition) is 1. The van der Waals surface area contributed by atoms with E-state index in [1.54, 1.807) is 0 Å². The first-order valence-corrected chi connectivity index (χ1v) is 7.19. The number of nitrogens with zero attached hydrogens (tertiary/aromatic N) is 1. The zero-order valence-electron chi connectivity index (χ0n) is 11.4. The Labute approximate surface area is 119 Å². The molecule has 2 aromatic rings. The summed E-state index contributed by atoms with van der Waals surface area (Å²) in [6.07, 6.45) is 4.38. The van der Waals surface area contributed by atoms with Gasteiger partial charge in [0, 0.05) is 41.8 Å². The Morgan fingerprint density at radius 2 is 2.16 bits per heavy atom. The molecule has 1 aromatic carbocycles. The number of halogens is 1. The van der Waals surface area contributed by atoms with Crippen molar-refractivity contribution >= 4 is 22.5 Å². The Morgan fingerprint density at radius 3 is 2.89 bits per heavy atom. The van der Waals surface area contributed by atoms with E-state index in [1.807, 2.05) is 18.2 Å². The van der Waals surface area contributed by atoms with Gasteiger partial charge >= 0.3 is 0 Å². The van der Waals surface area contributed by atoms with Crippen LogP contribution < -0.4 is 5.73 Å². The van der Waals surface area contributed by atoms with Crippen molar-refractivity contribution in [3.05, 3.63) is 35.0 Å². The lowest BCUT2D eigenvalue weighted by Gasteiger charge is -2.06. The molecule has 0 atom stereocenters. The smallest absolute Gasteiger partial charge is 0.0645 e. The van der Waals surface area contributed by atoms with Crippen LogP contribution in [-0.2, 0) is 17.8 Å². The third-order valence-electron chi connectivity index (χ3n) is 3.27. The summed E-state index contributed by atoms with van der Waals surface area (Å²) in [4.78, 5) is 0. The van der Waals surface area contributed by atoms with Crippen LogP contribution in [0.25, 0.3) is 10.9 Å². The monoisotopic (exact) mass is 280 g/mol. The minimum Gasteiger partial charge on any atom is -0.380 e. The first-order chi connectivity index (χ1) is 9.26. The molecule has 0 bridgehead atoms. The van der Waals surface area contributed by atoms with Gasteiger partial charge in [0.2, 0.25) is 0 Å². The summed E-state index contributed by atoms with van der Waals surface area (Å²) >= 11 is 6.07. The van der Waals surface area contributed by atoms with Crippen molar-refractivity contribution < 1.29 is 4.74 Å². The van der Waals surface area contributed by atoms with Crippen LogP contribution in [0.15, 0.2) is 24.4 Å². The maximum atomic E-state index is 6.07. The van der Waals surface area contributed by atoms with Crippen LogP contribution in [0.4, 0.5) is 0 Å². The third-order valence-corrected chi connectivity index (χ3v) is 3.50. The van der Waals surface area contributed by atoms with Crippen molar-refractivity contribution in [2.24, 2.45) is 5.73 Å². The molecule has 19 heavy (non-hydrogen) atoms. The minimum absolute atomic E-state index is 0.543. The van der Waals surface area contributed by atoms with Gasteiger partial charge in [-0.05, 0) is 24.1 Å². The molecule has 0 unspecified atom stereocenters. The van der Waals surface area contributed by atoms with Gasteiger partial charge in [0.25, 0.3) is 0 Å². The second-order valence-corrected chi connectivity index (χ2v) is 5.12. The van der Waals surface area contributed by atoms with Gasteiger partial charge in [0.15, 0.2) is 0 Å². The quantitative estimate of drug-likeness (QED) is 0.788. The molecular weight excluding hydrogens is 260 g/mol. The molecule has 0 saturated heterocycles. The van der Waals surface area contributed by atoms with E-state index in [1.165, 1.54) is 11.8 Å². The van der Waals surface area contributed by atoms with Crippen molar-refractivity contribution in [2.45, 2.75) is 32.9 Å². The van der Waals surface area contributed by atoms with E-state index in [-0.39, 0.29) is 0 Å². The molecule has 0 saturated carbocycles. The van der Waals surface area contributed by atoms with Gasteiger partial charge < -0.3 is 15.0 Å². The van der Waals surface area contributed by atoms with Gasteiger partial charge in [-0.15, -0.1) is 0 Å². The van der Waals surface area contributed by atoms with Crippen LogP contribution in [0.1, 0.15) is 25.3 Å². The number of ether oxygens (including phenoxy) is 1. The van der Waals surface area contributed by atoms with Crippen LogP contribution in [0.3, 0.4) is 0 Å². The Bertz CT molecular complexity index is 536. The molecule has 0 fully saturated rings. The Hall–Kier alpha value is -1.03. The molecule has 0 aliphatic heterocycles. The molecule has 0 aliphatic carbocycles. The molecular formula is C15H21ClN2O. The number of aromatic nitrogens is 1. The van der Waals surface area contributed by atoms with Crippen LogP contribution in [0.5, 0.6) is 0 Å². The third kappa shape index (κ3) is 3.50. The second kappa shape index (κ2) is 6.94. The number of hydrogen-bond acceptors (Lipinski definition) is 2. The normalized spacial score (nSPS) is 11.3. The van der Waals surface area contributed by atoms with Gasteiger partial charge in [-0.2, -0.15) is 0 Å². The fraction of sp³-hybridized carbons (Fsp3) is 0.467. The zero-order chi connectivity index (χ0) is 13.7. The lowest BCUT2D eigenvalue weighted by molar-refractivity contribution is 0.124. The number of rotatable bonds is 7. The lowest BCUT2D eigenvalue weighted by atomic mass is 10.2. The SMILES string of the molecule is CCCCOCCn1cc(CN)c2ccc(Cl)cc21. The molecule has 3 nitrogen and oxygen atoms in total. The average Bonchev–Trinajstić information content (AvgIpc) is 2.76. The average molecular weight is 281 g/mol.